The molecule has 33 heavy (non-hydrogen) atoms. The van der Waals surface area contributed by atoms with Gasteiger partial charge in [0.25, 0.3) is 0 Å². The number of unbranched alkanes of at least 4 members (excludes halogenated alkanes) is 18. The van der Waals surface area contributed by atoms with E-state index in [1.165, 1.54) is 121 Å². The van der Waals surface area contributed by atoms with Gasteiger partial charge in [0.05, 0.1) is 19.4 Å². The summed E-state index contributed by atoms with van der Waals surface area (Å²) < 4.78 is 0. The number of rotatable bonds is 28. The summed E-state index contributed by atoms with van der Waals surface area (Å²) >= 11 is 0. The maximum atomic E-state index is 8.85. The van der Waals surface area contributed by atoms with Gasteiger partial charge in [0.2, 0.25) is 0 Å². The third kappa shape index (κ3) is 27.5. The van der Waals surface area contributed by atoms with Crippen molar-refractivity contribution in [1.82, 2.24) is 5.23 Å². The molecule has 0 aromatic heterocycles. The highest BCUT2D eigenvalue weighted by molar-refractivity contribution is 4.76. The molecule has 0 unspecified atom stereocenters. The standard InChI is InChI=1S/C28H57NO4/c1-2-3-4-5-6-7-8-9-10-11-12-13-14-15-16-17-18-19-20-21-24-29(32-27-22-25-30)33-28-23-26-31/h21,24,30-31H,2-20,22-23,25-28H2,1H3. The average Bonchev–Trinajstić information content (AvgIpc) is 2.82. The maximum absolute atomic E-state index is 8.85. The highest BCUT2D eigenvalue weighted by atomic mass is 16.9. The Kier molecular flexibility index (Phi) is 28.9. The summed E-state index contributed by atoms with van der Waals surface area (Å²) in [5, 5.41) is 19.1. The molecule has 0 aliphatic heterocycles. The minimum absolute atomic E-state index is 0.105. The van der Waals surface area contributed by atoms with Crippen molar-refractivity contribution < 1.29 is 19.9 Å². The topological polar surface area (TPSA) is 62.2 Å². The molecule has 0 aromatic rings. The molecule has 5 nitrogen and oxygen atoms in total. The van der Waals surface area contributed by atoms with Crippen LogP contribution in [0.4, 0.5) is 0 Å². The quantitative estimate of drug-likeness (QED) is 0.0898. The monoisotopic (exact) mass is 471 g/mol. The lowest BCUT2D eigenvalue weighted by Crippen LogP contribution is -2.20. The minimum Gasteiger partial charge on any atom is -0.396 e. The lowest BCUT2D eigenvalue weighted by Gasteiger charge is -2.18. The van der Waals surface area contributed by atoms with Gasteiger partial charge in [-0.3, -0.25) is 0 Å². The highest BCUT2D eigenvalue weighted by Gasteiger charge is 2.00. The van der Waals surface area contributed by atoms with Crippen LogP contribution in [-0.4, -0.2) is 41.9 Å². The molecule has 0 spiro atoms. The van der Waals surface area contributed by atoms with Gasteiger partial charge in [-0.25, -0.2) is 9.68 Å². The second kappa shape index (κ2) is 29.4. The van der Waals surface area contributed by atoms with Crippen LogP contribution in [0.5, 0.6) is 0 Å². The predicted octanol–water partition coefficient (Wildman–Crippen LogP) is 7.86. The molecule has 2 N–H and O–H groups in total. The van der Waals surface area contributed by atoms with Crippen LogP contribution >= 0.6 is 0 Å². The molecule has 5 heteroatoms. The first-order valence-electron chi connectivity index (χ1n) is 14.3. The molecule has 0 radical (unpaired) electrons. The van der Waals surface area contributed by atoms with Crippen LogP contribution in [0.3, 0.4) is 0 Å². The Bertz CT molecular complexity index is 369. The molecule has 0 aliphatic carbocycles. The number of nitrogens with zero attached hydrogens (tertiary/aromatic N) is 1. The van der Waals surface area contributed by atoms with E-state index in [0.29, 0.717) is 26.1 Å². The van der Waals surface area contributed by atoms with Crippen molar-refractivity contribution in [1.29, 1.82) is 0 Å². The van der Waals surface area contributed by atoms with Crippen LogP contribution in [0.25, 0.3) is 0 Å². The van der Waals surface area contributed by atoms with E-state index >= 15 is 0 Å². The molecular weight excluding hydrogens is 414 g/mol. The fourth-order valence-electron chi connectivity index (χ4n) is 3.89. The van der Waals surface area contributed by atoms with Crippen molar-refractivity contribution in [2.75, 3.05) is 26.4 Å². The van der Waals surface area contributed by atoms with E-state index in [1.54, 1.807) is 0 Å². The second-order valence-corrected chi connectivity index (χ2v) is 9.29. The molecule has 0 saturated carbocycles. The van der Waals surface area contributed by atoms with Gasteiger partial charge in [-0.05, 0) is 25.7 Å². The third-order valence-corrected chi connectivity index (χ3v) is 5.99. The van der Waals surface area contributed by atoms with E-state index in [-0.39, 0.29) is 13.2 Å². The van der Waals surface area contributed by atoms with E-state index in [1.807, 2.05) is 6.20 Å². The SMILES string of the molecule is CCCCCCCCCCCCCCCCCCCCC=CN(OCCCO)OCCCO. The van der Waals surface area contributed by atoms with Crippen LogP contribution in [0.15, 0.2) is 12.3 Å². The Labute approximate surface area is 205 Å². The first kappa shape index (κ1) is 32.4. The molecule has 0 aliphatic rings. The Hall–Kier alpha value is -0.620. The van der Waals surface area contributed by atoms with Gasteiger partial charge < -0.3 is 10.2 Å². The lowest BCUT2D eigenvalue weighted by molar-refractivity contribution is -0.337. The number of hydroxylamine groups is 2. The Morgan fingerprint density at radius 2 is 0.879 bits per heavy atom. The minimum atomic E-state index is 0.105. The van der Waals surface area contributed by atoms with E-state index in [9.17, 15) is 0 Å². The van der Waals surface area contributed by atoms with Gasteiger partial charge in [0.1, 0.15) is 0 Å². The zero-order chi connectivity index (χ0) is 24.1. The van der Waals surface area contributed by atoms with Gasteiger partial charge in [-0.15, -0.1) is 5.23 Å². The van der Waals surface area contributed by atoms with Crippen LogP contribution in [0, 0.1) is 0 Å². The van der Waals surface area contributed by atoms with Crippen LogP contribution < -0.4 is 0 Å². The van der Waals surface area contributed by atoms with Crippen molar-refractivity contribution in [2.24, 2.45) is 0 Å². The molecule has 198 valence electrons. The largest absolute Gasteiger partial charge is 0.396 e. The highest BCUT2D eigenvalue weighted by Crippen LogP contribution is 2.14. The van der Waals surface area contributed by atoms with Gasteiger partial charge in [0.15, 0.2) is 0 Å². The number of allylic oxidation sites excluding steroid dienone is 1. The van der Waals surface area contributed by atoms with Crippen molar-refractivity contribution in [3.05, 3.63) is 12.3 Å². The Balaban J connectivity index is 3.38. The summed E-state index contributed by atoms with van der Waals surface area (Å²) in [6.07, 6.45) is 31.2. The molecule has 0 saturated heterocycles. The normalized spacial score (nSPS) is 11.6. The molecule has 0 rings (SSSR count). The van der Waals surface area contributed by atoms with E-state index in [0.717, 1.165) is 6.42 Å². The zero-order valence-corrected chi connectivity index (χ0v) is 22.0. The molecule has 0 heterocycles. The average molecular weight is 472 g/mol. The molecule has 0 aromatic carbocycles. The number of hydrogen-bond donors (Lipinski definition) is 2. The molecular formula is C28H57NO4. The van der Waals surface area contributed by atoms with Crippen molar-refractivity contribution >= 4 is 0 Å². The summed E-state index contributed by atoms with van der Waals surface area (Å²) in [5.74, 6) is 0. The van der Waals surface area contributed by atoms with Crippen molar-refractivity contribution in [3.8, 4) is 0 Å². The number of hydrogen-bond acceptors (Lipinski definition) is 5. The second-order valence-electron chi connectivity index (χ2n) is 9.29. The predicted molar refractivity (Wildman–Crippen MR) is 140 cm³/mol. The van der Waals surface area contributed by atoms with Gasteiger partial charge in [0, 0.05) is 13.2 Å². The van der Waals surface area contributed by atoms with Crippen molar-refractivity contribution in [2.45, 2.75) is 142 Å². The molecule has 0 atom stereocenters. The smallest absolute Gasteiger partial charge is 0.0797 e. The van der Waals surface area contributed by atoms with Crippen LogP contribution in [0.2, 0.25) is 0 Å². The van der Waals surface area contributed by atoms with Crippen molar-refractivity contribution in [3.63, 3.8) is 0 Å². The van der Waals surface area contributed by atoms with E-state index in [4.69, 9.17) is 19.9 Å². The fraction of sp³-hybridized carbons (Fsp3) is 0.929. The van der Waals surface area contributed by atoms with Gasteiger partial charge in [-0.2, -0.15) is 0 Å². The molecule has 0 bridgehead atoms. The zero-order valence-electron chi connectivity index (χ0n) is 22.0. The van der Waals surface area contributed by atoms with E-state index in [2.05, 4.69) is 13.0 Å². The summed E-state index contributed by atoms with van der Waals surface area (Å²) in [6, 6.07) is 0. The van der Waals surface area contributed by atoms with Gasteiger partial charge in [-0.1, -0.05) is 122 Å². The Morgan fingerprint density at radius 3 is 1.24 bits per heavy atom. The first-order valence-corrected chi connectivity index (χ1v) is 14.3. The fourth-order valence-corrected chi connectivity index (χ4v) is 3.89. The van der Waals surface area contributed by atoms with Crippen LogP contribution in [0.1, 0.15) is 142 Å². The maximum Gasteiger partial charge on any atom is 0.0797 e. The molecule has 0 amide bonds. The third-order valence-electron chi connectivity index (χ3n) is 5.99. The van der Waals surface area contributed by atoms with Gasteiger partial charge >= 0.3 is 0 Å². The van der Waals surface area contributed by atoms with Crippen LogP contribution in [-0.2, 0) is 9.68 Å². The molecule has 0 fully saturated rings. The summed E-state index contributed by atoms with van der Waals surface area (Å²) in [7, 11) is 0. The van der Waals surface area contributed by atoms with E-state index < -0.39 is 0 Å². The summed E-state index contributed by atoms with van der Waals surface area (Å²) in [6.45, 7) is 3.33. The lowest BCUT2D eigenvalue weighted by atomic mass is 10.0. The Morgan fingerprint density at radius 1 is 0.515 bits per heavy atom. The number of aliphatic hydroxyl groups excluding tert-OH is 2. The first-order chi connectivity index (χ1) is 16.3. The summed E-state index contributed by atoms with van der Waals surface area (Å²) in [4.78, 5) is 10.9. The number of aliphatic hydroxyl groups is 2. The summed E-state index contributed by atoms with van der Waals surface area (Å²) in [5.41, 5.74) is 0.